The van der Waals surface area contributed by atoms with E-state index in [1.165, 1.54) is 16.2 Å². The number of anilines is 1. The first-order valence-electron chi connectivity index (χ1n) is 8.73. The number of carbonyl (C=O) groups is 2. The predicted octanol–water partition coefficient (Wildman–Crippen LogP) is 3.92. The van der Waals surface area contributed by atoms with Gasteiger partial charge in [0.15, 0.2) is 0 Å². The molecule has 0 aliphatic heterocycles. The Balaban J connectivity index is 2.20. The zero-order valence-electron chi connectivity index (χ0n) is 15.1. The Bertz CT molecular complexity index is 617. The van der Waals surface area contributed by atoms with Crippen LogP contribution in [0.15, 0.2) is 0 Å². The molecular weight excluding hydrogens is 322 g/mol. The molecular formula is C18H29N3O2S. The van der Waals surface area contributed by atoms with E-state index in [1.54, 1.807) is 0 Å². The summed E-state index contributed by atoms with van der Waals surface area (Å²) in [4.78, 5) is 25.2. The summed E-state index contributed by atoms with van der Waals surface area (Å²) in [7, 11) is 0. The van der Waals surface area contributed by atoms with Gasteiger partial charge in [-0.15, -0.1) is 11.3 Å². The van der Waals surface area contributed by atoms with Crippen LogP contribution in [-0.4, -0.2) is 18.5 Å². The van der Waals surface area contributed by atoms with Crippen LogP contribution in [0.25, 0.3) is 0 Å². The lowest BCUT2D eigenvalue weighted by molar-refractivity contribution is 0.1000. The fraction of sp³-hybridized carbons (Fsp3) is 0.667. The van der Waals surface area contributed by atoms with Crippen molar-refractivity contribution < 1.29 is 9.59 Å². The number of nitrogens with two attached hydrogens (primary N) is 1. The number of nitrogens with one attached hydrogen (secondary N) is 2. The summed E-state index contributed by atoms with van der Waals surface area (Å²) in [5.41, 5.74) is 7.38. The molecule has 1 unspecified atom stereocenters. The van der Waals surface area contributed by atoms with Gasteiger partial charge in [0.2, 0.25) is 0 Å². The average molecular weight is 352 g/mol. The fourth-order valence-corrected chi connectivity index (χ4v) is 4.53. The number of fused-ring (bicyclic) bond motifs is 1. The minimum atomic E-state index is -0.453. The standard InChI is InChI=1S/C18H29N3O2S/c1-5-6-9-20-17(23)21-16-14(15(19)22)12-8-7-11(18(2,3)4)10-13(12)24-16/h11H,5-10H2,1-4H3,(H2,19,22)(H2,20,21,23). The van der Waals surface area contributed by atoms with Crippen LogP contribution >= 0.6 is 11.3 Å². The second kappa shape index (κ2) is 7.55. The van der Waals surface area contributed by atoms with Crippen LogP contribution in [0.4, 0.5) is 9.80 Å². The zero-order chi connectivity index (χ0) is 17.9. The van der Waals surface area contributed by atoms with Gasteiger partial charge in [0.1, 0.15) is 5.00 Å². The average Bonchev–Trinajstić information content (AvgIpc) is 2.83. The summed E-state index contributed by atoms with van der Waals surface area (Å²) in [6.07, 6.45) is 4.81. The minimum absolute atomic E-state index is 0.236. The SMILES string of the molecule is CCCCNC(=O)Nc1sc2c(c1C(N)=O)CCC(C(C)(C)C)C2. The molecule has 5 nitrogen and oxygen atoms in total. The molecule has 0 bridgehead atoms. The number of thiophene rings is 1. The summed E-state index contributed by atoms with van der Waals surface area (Å²) < 4.78 is 0. The van der Waals surface area contributed by atoms with Crippen molar-refractivity contribution in [1.82, 2.24) is 5.32 Å². The van der Waals surface area contributed by atoms with E-state index in [0.29, 0.717) is 23.0 Å². The lowest BCUT2D eigenvalue weighted by Crippen LogP contribution is -2.30. The monoisotopic (exact) mass is 351 g/mol. The summed E-state index contributed by atoms with van der Waals surface area (Å²) in [5.74, 6) is 0.126. The van der Waals surface area contributed by atoms with Crippen molar-refractivity contribution in [2.75, 3.05) is 11.9 Å². The lowest BCUT2D eigenvalue weighted by Gasteiger charge is -2.33. The molecule has 0 saturated carbocycles. The summed E-state index contributed by atoms with van der Waals surface area (Å²) in [6.45, 7) is 9.47. The van der Waals surface area contributed by atoms with Gasteiger partial charge < -0.3 is 11.1 Å². The Labute approximate surface area is 148 Å². The molecule has 1 aromatic heterocycles. The van der Waals surface area contributed by atoms with Gasteiger partial charge in [-0.1, -0.05) is 34.1 Å². The minimum Gasteiger partial charge on any atom is -0.365 e. The molecule has 1 aliphatic carbocycles. The van der Waals surface area contributed by atoms with E-state index in [1.807, 2.05) is 0 Å². The molecule has 0 saturated heterocycles. The second-order valence-electron chi connectivity index (χ2n) is 7.61. The maximum absolute atomic E-state index is 12.0. The van der Waals surface area contributed by atoms with Crippen molar-refractivity contribution >= 4 is 28.3 Å². The molecule has 0 spiro atoms. The third kappa shape index (κ3) is 4.29. The van der Waals surface area contributed by atoms with Gasteiger partial charge >= 0.3 is 6.03 Å². The molecule has 1 atom stereocenters. The number of hydrogen-bond acceptors (Lipinski definition) is 3. The van der Waals surface area contributed by atoms with E-state index < -0.39 is 5.91 Å². The molecule has 0 fully saturated rings. The van der Waals surface area contributed by atoms with Crippen molar-refractivity contribution in [3.8, 4) is 0 Å². The number of carbonyl (C=O) groups excluding carboxylic acids is 2. The molecule has 1 aliphatic rings. The van der Waals surface area contributed by atoms with E-state index in [4.69, 9.17) is 5.73 Å². The van der Waals surface area contributed by atoms with Crippen molar-refractivity contribution in [2.45, 2.75) is 59.8 Å². The first kappa shape index (κ1) is 18.8. The van der Waals surface area contributed by atoms with Crippen molar-refractivity contribution in [2.24, 2.45) is 17.1 Å². The van der Waals surface area contributed by atoms with Gasteiger partial charge in [0.05, 0.1) is 5.56 Å². The molecule has 134 valence electrons. The normalized spacial score (nSPS) is 17.2. The Morgan fingerprint density at radius 2 is 2.04 bits per heavy atom. The summed E-state index contributed by atoms with van der Waals surface area (Å²) in [5, 5.41) is 6.24. The van der Waals surface area contributed by atoms with Gasteiger partial charge in [-0.2, -0.15) is 0 Å². The topological polar surface area (TPSA) is 84.2 Å². The highest BCUT2D eigenvalue weighted by Gasteiger charge is 2.33. The van der Waals surface area contributed by atoms with E-state index in [9.17, 15) is 9.59 Å². The predicted molar refractivity (Wildman–Crippen MR) is 99.7 cm³/mol. The van der Waals surface area contributed by atoms with E-state index >= 15 is 0 Å². The molecule has 3 amide bonds. The molecule has 0 radical (unpaired) electrons. The van der Waals surface area contributed by atoms with Crippen LogP contribution in [0.1, 0.15) is 67.8 Å². The lowest BCUT2D eigenvalue weighted by atomic mass is 9.72. The first-order valence-corrected chi connectivity index (χ1v) is 9.54. The highest BCUT2D eigenvalue weighted by Crippen LogP contribution is 2.44. The van der Waals surface area contributed by atoms with Crippen molar-refractivity contribution in [3.63, 3.8) is 0 Å². The van der Waals surface area contributed by atoms with Crippen LogP contribution in [0.5, 0.6) is 0 Å². The number of rotatable bonds is 5. The largest absolute Gasteiger partial charge is 0.365 e. The van der Waals surface area contributed by atoms with Gasteiger partial charge in [-0.25, -0.2) is 4.79 Å². The van der Waals surface area contributed by atoms with Gasteiger partial charge in [-0.05, 0) is 42.6 Å². The molecule has 1 aromatic rings. The van der Waals surface area contributed by atoms with Crippen LogP contribution < -0.4 is 16.4 Å². The summed E-state index contributed by atoms with van der Waals surface area (Å²) >= 11 is 1.50. The Morgan fingerprint density at radius 1 is 1.33 bits per heavy atom. The van der Waals surface area contributed by atoms with Crippen LogP contribution in [-0.2, 0) is 12.8 Å². The maximum atomic E-state index is 12.0. The Kier molecular flexibility index (Phi) is 5.91. The third-order valence-electron chi connectivity index (χ3n) is 4.78. The molecule has 6 heteroatoms. The number of amides is 3. The molecule has 0 aromatic carbocycles. The van der Waals surface area contributed by atoms with E-state index in [-0.39, 0.29) is 11.4 Å². The van der Waals surface area contributed by atoms with Gasteiger partial charge in [0, 0.05) is 11.4 Å². The molecule has 2 rings (SSSR count). The fourth-order valence-electron chi connectivity index (χ4n) is 3.20. The van der Waals surface area contributed by atoms with Crippen LogP contribution in [0.3, 0.4) is 0 Å². The number of hydrogen-bond donors (Lipinski definition) is 3. The molecule has 4 N–H and O–H groups in total. The van der Waals surface area contributed by atoms with E-state index in [2.05, 4.69) is 38.3 Å². The number of unbranched alkanes of at least 4 members (excludes halogenated alkanes) is 1. The number of primary amides is 1. The maximum Gasteiger partial charge on any atom is 0.319 e. The second-order valence-corrected chi connectivity index (χ2v) is 8.72. The smallest absolute Gasteiger partial charge is 0.319 e. The third-order valence-corrected chi connectivity index (χ3v) is 5.95. The van der Waals surface area contributed by atoms with Gasteiger partial charge in [-0.3, -0.25) is 10.1 Å². The highest BCUT2D eigenvalue weighted by molar-refractivity contribution is 7.17. The Hall–Kier alpha value is -1.56. The first-order chi connectivity index (χ1) is 11.2. The van der Waals surface area contributed by atoms with E-state index in [0.717, 1.165) is 37.7 Å². The quantitative estimate of drug-likeness (QED) is 0.702. The van der Waals surface area contributed by atoms with Crippen LogP contribution in [0, 0.1) is 11.3 Å². The van der Waals surface area contributed by atoms with Gasteiger partial charge in [0.25, 0.3) is 5.91 Å². The Morgan fingerprint density at radius 3 is 2.62 bits per heavy atom. The summed E-state index contributed by atoms with van der Waals surface area (Å²) in [6, 6.07) is -0.267. The van der Waals surface area contributed by atoms with Crippen LogP contribution in [0.2, 0.25) is 0 Å². The zero-order valence-corrected chi connectivity index (χ0v) is 15.9. The molecule has 1 heterocycles. The van der Waals surface area contributed by atoms with Crippen molar-refractivity contribution in [1.29, 1.82) is 0 Å². The number of urea groups is 1. The highest BCUT2D eigenvalue weighted by atomic mass is 32.1. The molecule has 24 heavy (non-hydrogen) atoms. The van der Waals surface area contributed by atoms with Crippen molar-refractivity contribution in [3.05, 3.63) is 16.0 Å².